The van der Waals surface area contributed by atoms with E-state index in [-0.39, 0.29) is 0 Å². The van der Waals surface area contributed by atoms with Crippen LogP contribution in [-0.2, 0) is 0 Å². The van der Waals surface area contributed by atoms with Crippen LogP contribution < -0.4 is 3.53 Å². The lowest BCUT2D eigenvalue weighted by atomic mass is 10.1. The summed E-state index contributed by atoms with van der Waals surface area (Å²) in [6.07, 6.45) is 0. The highest BCUT2D eigenvalue weighted by Gasteiger charge is 2.09. The van der Waals surface area contributed by atoms with E-state index in [0.29, 0.717) is 6.54 Å². The number of halogens is 1. The van der Waals surface area contributed by atoms with Crippen molar-refractivity contribution in [2.45, 2.75) is 19.4 Å². The van der Waals surface area contributed by atoms with Crippen LogP contribution in [0.3, 0.4) is 0 Å². The molecule has 0 fully saturated rings. The van der Waals surface area contributed by atoms with Crippen LogP contribution in [0.5, 0.6) is 0 Å². The molecule has 0 amide bonds. The average Bonchev–Trinajstić information content (AvgIpc) is 1.30. The summed E-state index contributed by atoms with van der Waals surface area (Å²) in [5.41, 5.74) is -0.568. The molecule has 0 aromatic carbocycles. The minimum Gasteiger partial charge on any atom is -0.389 e. The predicted molar refractivity (Wildman–Crippen MR) is 38.3 cm³/mol. The van der Waals surface area contributed by atoms with Crippen molar-refractivity contribution in [1.29, 1.82) is 0 Å². The Morgan fingerprint density at radius 1 is 1.71 bits per heavy atom. The second kappa shape index (κ2) is 2.84. The Kier molecular flexibility index (Phi) is 3.10. The Labute approximate surface area is 57.8 Å². The minimum atomic E-state index is -0.568. The molecule has 0 radical (unpaired) electrons. The van der Waals surface area contributed by atoms with E-state index in [4.69, 9.17) is 5.11 Å². The molecule has 0 spiro atoms. The molecule has 0 saturated carbocycles. The second-order valence-electron chi connectivity index (χ2n) is 2.12. The minimum absolute atomic E-state index is 0.568. The van der Waals surface area contributed by atoms with Gasteiger partial charge < -0.3 is 5.11 Å². The molecule has 0 aromatic rings. The van der Waals surface area contributed by atoms with Crippen LogP contribution in [0.2, 0.25) is 0 Å². The molecule has 0 atom stereocenters. The van der Waals surface area contributed by atoms with Crippen molar-refractivity contribution in [1.82, 2.24) is 3.53 Å². The standard InChI is InChI=1S/C4H10INO/c1-4(2,7)3-6-5/h6-7H,3H2,1-2H3. The van der Waals surface area contributed by atoms with Gasteiger partial charge in [0, 0.05) is 29.4 Å². The van der Waals surface area contributed by atoms with Gasteiger partial charge in [0.15, 0.2) is 0 Å². The lowest BCUT2D eigenvalue weighted by Crippen LogP contribution is -2.29. The first-order valence-corrected chi connectivity index (χ1v) is 3.20. The summed E-state index contributed by atoms with van der Waals surface area (Å²) in [6.45, 7) is 4.16. The fourth-order valence-electron chi connectivity index (χ4n) is 0.164. The number of rotatable bonds is 2. The normalized spacial score (nSPS) is 12.0. The summed E-state index contributed by atoms with van der Waals surface area (Å²) in [5, 5.41) is 8.95. The quantitative estimate of drug-likeness (QED) is 0.524. The number of aliphatic hydroxyl groups is 1. The van der Waals surface area contributed by atoms with Gasteiger partial charge in [-0.1, -0.05) is 0 Å². The van der Waals surface area contributed by atoms with Crippen LogP contribution in [-0.4, -0.2) is 17.3 Å². The van der Waals surface area contributed by atoms with Gasteiger partial charge in [0.25, 0.3) is 0 Å². The van der Waals surface area contributed by atoms with Gasteiger partial charge in [0.05, 0.1) is 5.60 Å². The van der Waals surface area contributed by atoms with Gasteiger partial charge in [-0.15, -0.1) is 0 Å². The molecule has 7 heavy (non-hydrogen) atoms. The lowest BCUT2D eigenvalue weighted by Gasteiger charge is -2.13. The van der Waals surface area contributed by atoms with E-state index in [1.807, 2.05) is 22.9 Å². The summed E-state index contributed by atoms with van der Waals surface area (Å²) >= 11 is 2.00. The summed E-state index contributed by atoms with van der Waals surface area (Å²) in [4.78, 5) is 0. The molecule has 0 rings (SSSR count). The van der Waals surface area contributed by atoms with Crippen molar-refractivity contribution in [3.8, 4) is 0 Å². The van der Waals surface area contributed by atoms with Crippen molar-refractivity contribution in [2.75, 3.05) is 6.54 Å². The van der Waals surface area contributed by atoms with Gasteiger partial charge in [-0.3, -0.25) is 3.53 Å². The Balaban J connectivity index is 3.15. The fourth-order valence-corrected chi connectivity index (χ4v) is 1.10. The molecule has 0 bridgehead atoms. The molecule has 0 aliphatic rings. The average molecular weight is 215 g/mol. The number of hydrogen-bond acceptors (Lipinski definition) is 2. The van der Waals surface area contributed by atoms with E-state index >= 15 is 0 Å². The van der Waals surface area contributed by atoms with Gasteiger partial charge in [0.1, 0.15) is 0 Å². The SMILES string of the molecule is CC(C)(O)CNI. The third-order valence-corrected chi connectivity index (χ3v) is 0.881. The molecular weight excluding hydrogens is 205 g/mol. The first kappa shape index (κ1) is 7.65. The van der Waals surface area contributed by atoms with Crippen molar-refractivity contribution in [3.05, 3.63) is 0 Å². The molecule has 0 aliphatic heterocycles. The van der Waals surface area contributed by atoms with E-state index in [1.165, 1.54) is 0 Å². The molecule has 2 nitrogen and oxygen atoms in total. The van der Waals surface area contributed by atoms with E-state index in [2.05, 4.69) is 3.53 Å². The zero-order valence-electron chi connectivity index (χ0n) is 4.53. The van der Waals surface area contributed by atoms with Crippen LogP contribution in [0.25, 0.3) is 0 Å². The van der Waals surface area contributed by atoms with Crippen molar-refractivity contribution >= 4 is 22.9 Å². The van der Waals surface area contributed by atoms with Crippen LogP contribution in [0.15, 0.2) is 0 Å². The highest BCUT2D eigenvalue weighted by atomic mass is 127. The van der Waals surface area contributed by atoms with Gasteiger partial charge in [-0.05, 0) is 13.8 Å². The third-order valence-electron chi connectivity index (χ3n) is 0.499. The summed E-state index contributed by atoms with van der Waals surface area (Å²) in [5.74, 6) is 0. The maximum Gasteiger partial charge on any atom is 0.0723 e. The predicted octanol–water partition coefficient (Wildman–Crippen LogP) is 0.697. The highest BCUT2D eigenvalue weighted by molar-refractivity contribution is 14.1. The third kappa shape index (κ3) is 6.65. The molecule has 0 aliphatic carbocycles. The summed E-state index contributed by atoms with van der Waals surface area (Å²) in [6, 6.07) is 0. The molecule has 2 N–H and O–H groups in total. The molecule has 0 saturated heterocycles. The second-order valence-corrected chi connectivity index (χ2v) is 2.89. The number of nitrogens with one attached hydrogen (secondary N) is 1. The van der Waals surface area contributed by atoms with Crippen molar-refractivity contribution in [2.24, 2.45) is 0 Å². The Morgan fingerprint density at radius 2 is 2.14 bits per heavy atom. The fraction of sp³-hybridized carbons (Fsp3) is 1.00. The smallest absolute Gasteiger partial charge is 0.0723 e. The van der Waals surface area contributed by atoms with E-state index in [9.17, 15) is 0 Å². The summed E-state index contributed by atoms with van der Waals surface area (Å²) < 4.78 is 2.83. The van der Waals surface area contributed by atoms with Gasteiger partial charge >= 0.3 is 0 Å². The Bertz CT molecular complexity index is 50.1. The van der Waals surface area contributed by atoms with E-state index in [1.54, 1.807) is 13.8 Å². The van der Waals surface area contributed by atoms with Crippen LogP contribution in [0, 0.1) is 0 Å². The van der Waals surface area contributed by atoms with Crippen molar-refractivity contribution in [3.63, 3.8) is 0 Å². The van der Waals surface area contributed by atoms with Crippen LogP contribution in [0.4, 0.5) is 0 Å². The molecule has 0 aromatic heterocycles. The lowest BCUT2D eigenvalue weighted by molar-refractivity contribution is 0.0876. The van der Waals surface area contributed by atoms with E-state index < -0.39 is 5.60 Å². The molecule has 0 heterocycles. The monoisotopic (exact) mass is 215 g/mol. The largest absolute Gasteiger partial charge is 0.389 e. The molecule has 0 unspecified atom stereocenters. The summed E-state index contributed by atoms with van der Waals surface area (Å²) in [7, 11) is 0. The Morgan fingerprint density at radius 3 is 2.14 bits per heavy atom. The zero-order valence-corrected chi connectivity index (χ0v) is 6.69. The van der Waals surface area contributed by atoms with E-state index in [0.717, 1.165) is 0 Å². The molecule has 44 valence electrons. The number of hydrogen-bond donors (Lipinski definition) is 2. The van der Waals surface area contributed by atoms with Crippen LogP contribution in [0.1, 0.15) is 13.8 Å². The zero-order chi connectivity index (χ0) is 5.91. The maximum atomic E-state index is 8.95. The van der Waals surface area contributed by atoms with Crippen molar-refractivity contribution < 1.29 is 5.11 Å². The van der Waals surface area contributed by atoms with Gasteiger partial charge in [-0.2, -0.15) is 0 Å². The molecular formula is C4H10INO. The van der Waals surface area contributed by atoms with Gasteiger partial charge in [0.2, 0.25) is 0 Å². The topological polar surface area (TPSA) is 32.3 Å². The van der Waals surface area contributed by atoms with Crippen LogP contribution >= 0.6 is 22.9 Å². The van der Waals surface area contributed by atoms with Gasteiger partial charge in [-0.25, -0.2) is 0 Å². The first-order chi connectivity index (χ1) is 3.06. The molecule has 3 heteroatoms. The Hall–Kier alpha value is 0.650. The first-order valence-electron chi connectivity index (χ1n) is 2.12. The maximum absolute atomic E-state index is 8.95. The highest BCUT2D eigenvalue weighted by Crippen LogP contribution is 1.97.